The van der Waals surface area contributed by atoms with Crippen LogP contribution in [0.15, 0.2) is 41.0 Å². The Hall–Kier alpha value is -1.75. The van der Waals surface area contributed by atoms with Crippen molar-refractivity contribution in [1.29, 1.82) is 0 Å². The highest BCUT2D eigenvalue weighted by molar-refractivity contribution is 9.10. The fourth-order valence-corrected chi connectivity index (χ4v) is 2.45. The van der Waals surface area contributed by atoms with Crippen molar-refractivity contribution < 1.29 is 9.53 Å². The summed E-state index contributed by atoms with van der Waals surface area (Å²) in [5, 5.41) is 2.92. The number of carbonyl (C=O) groups is 1. The zero-order valence-electron chi connectivity index (χ0n) is 11.5. The first-order valence-corrected chi connectivity index (χ1v) is 7.20. The fraction of sp³-hybridized carbons (Fsp3) is 0.267. The molecule has 0 radical (unpaired) electrons. The maximum Gasteiger partial charge on any atom is 0.268 e. The van der Waals surface area contributed by atoms with E-state index in [0.717, 1.165) is 22.3 Å². The Labute approximate surface area is 126 Å². The largest absolute Gasteiger partial charge is 0.497 e. The fourth-order valence-electron chi connectivity index (χ4n) is 1.98. The molecule has 0 aliphatic rings. The lowest BCUT2D eigenvalue weighted by Gasteiger charge is -2.08. The van der Waals surface area contributed by atoms with Crippen molar-refractivity contribution in [3.8, 4) is 5.75 Å². The van der Waals surface area contributed by atoms with Crippen LogP contribution in [0.25, 0.3) is 0 Å². The van der Waals surface area contributed by atoms with E-state index in [2.05, 4.69) is 21.2 Å². The molecule has 4 nitrogen and oxygen atoms in total. The lowest BCUT2D eigenvalue weighted by Crippen LogP contribution is -2.25. The molecule has 0 saturated heterocycles. The van der Waals surface area contributed by atoms with Gasteiger partial charge in [0.25, 0.3) is 5.91 Å². The van der Waals surface area contributed by atoms with Crippen molar-refractivity contribution in [3.63, 3.8) is 0 Å². The van der Waals surface area contributed by atoms with Gasteiger partial charge in [-0.05, 0) is 46.6 Å². The second-order valence-corrected chi connectivity index (χ2v) is 5.28. The Bertz CT molecular complexity index is 608. The van der Waals surface area contributed by atoms with E-state index in [0.29, 0.717) is 12.2 Å². The predicted molar refractivity (Wildman–Crippen MR) is 82.0 cm³/mol. The molecule has 106 valence electrons. The van der Waals surface area contributed by atoms with Gasteiger partial charge < -0.3 is 14.6 Å². The van der Waals surface area contributed by atoms with Crippen LogP contribution in [-0.2, 0) is 13.1 Å². The first-order chi connectivity index (χ1) is 9.63. The number of amides is 1. The number of benzene rings is 1. The topological polar surface area (TPSA) is 43.3 Å². The molecule has 0 bridgehead atoms. The summed E-state index contributed by atoms with van der Waals surface area (Å²) < 4.78 is 7.98. The molecule has 1 aromatic carbocycles. The van der Waals surface area contributed by atoms with Crippen molar-refractivity contribution >= 4 is 21.8 Å². The number of halogens is 1. The Balaban J connectivity index is 2.04. The normalized spacial score (nSPS) is 10.3. The maximum atomic E-state index is 12.2. The summed E-state index contributed by atoms with van der Waals surface area (Å²) in [4.78, 5) is 12.2. The lowest BCUT2D eigenvalue weighted by atomic mass is 10.2. The summed E-state index contributed by atoms with van der Waals surface area (Å²) in [5.41, 5.74) is 1.66. The molecule has 1 N–H and O–H groups in total. The molecule has 20 heavy (non-hydrogen) atoms. The number of hydrogen-bond donors (Lipinski definition) is 1. The number of aromatic nitrogens is 1. The summed E-state index contributed by atoms with van der Waals surface area (Å²) in [6.45, 7) is 3.24. The van der Waals surface area contributed by atoms with Gasteiger partial charge in [0.05, 0.1) is 7.11 Å². The summed E-state index contributed by atoms with van der Waals surface area (Å²) in [6.07, 6.45) is 1.90. The van der Waals surface area contributed by atoms with Gasteiger partial charge in [-0.25, -0.2) is 0 Å². The molecule has 0 atom stereocenters. The molecule has 2 aromatic rings. The van der Waals surface area contributed by atoms with Crippen LogP contribution in [-0.4, -0.2) is 17.6 Å². The first kappa shape index (κ1) is 14.7. The van der Waals surface area contributed by atoms with Crippen LogP contribution in [0.2, 0.25) is 0 Å². The SMILES string of the molecule is CCn1cc(Br)cc1C(=O)NCc1cccc(OC)c1. The van der Waals surface area contributed by atoms with Crippen LogP contribution in [0, 0.1) is 0 Å². The van der Waals surface area contributed by atoms with E-state index in [1.807, 2.05) is 48.0 Å². The standard InChI is InChI=1S/C15H17BrN2O2/c1-3-18-10-12(16)8-14(18)15(19)17-9-11-5-4-6-13(7-11)20-2/h4-8,10H,3,9H2,1-2H3,(H,17,19). The quantitative estimate of drug-likeness (QED) is 0.910. The molecule has 0 spiro atoms. The van der Waals surface area contributed by atoms with Crippen LogP contribution in [0.1, 0.15) is 23.0 Å². The molecule has 5 heteroatoms. The monoisotopic (exact) mass is 336 g/mol. The first-order valence-electron chi connectivity index (χ1n) is 6.41. The minimum atomic E-state index is -0.0830. The second-order valence-electron chi connectivity index (χ2n) is 4.36. The van der Waals surface area contributed by atoms with E-state index in [4.69, 9.17) is 4.74 Å². The number of nitrogens with one attached hydrogen (secondary N) is 1. The van der Waals surface area contributed by atoms with Gasteiger partial charge in [-0.3, -0.25) is 4.79 Å². The van der Waals surface area contributed by atoms with Crippen molar-refractivity contribution in [2.24, 2.45) is 0 Å². The van der Waals surface area contributed by atoms with E-state index in [9.17, 15) is 4.79 Å². The van der Waals surface area contributed by atoms with Crippen LogP contribution in [0.4, 0.5) is 0 Å². The Morgan fingerprint density at radius 2 is 2.20 bits per heavy atom. The summed E-state index contributed by atoms with van der Waals surface area (Å²) in [7, 11) is 1.63. The van der Waals surface area contributed by atoms with Gasteiger partial charge in [-0.1, -0.05) is 12.1 Å². The predicted octanol–water partition coefficient (Wildman–Crippen LogP) is 3.21. The molecule has 1 aromatic heterocycles. The van der Waals surface area contributed by atoms with Crippen molar-refractivity contribution in [2.45, 2.75) is 20.0 Å². The summed E-state index contributed by atoms with van der Waals surface area (Å²) in [5.74, 6) is 0.705. The van der Waals surface area contributed by atoms with Crippen molar-refractivity contribution in [2.75, 3.05) is 7.11 Å². The van der Waals surface area contributed by atoms with Crippen LogP contribution in [0.3, 0.4) is 0 Å². The average Bonchev–Trinajstić information content (AvgIpc) is 2.86. The van der Waals surface area contributed by atoms with Gasteiger partial charge >= 0.3 is 0 Å². The van der Waals surface area contributed by atoms with Gasteiger partial charge in [0.2, 0.25) is 0 Å². The second kappa shape index (κ2) is 6.61. The minimum Gasteiger partial charge on any atom is -0.497 e. The van der Waals surface area contributed by atoms with Gasteiger partial charge in [0.1, 0.15) is 11.4 Å². The minimum absolute atomic E-state index is 0.0830. The number of rotatable bonds is 5. The Morgan fingerprint density at radius 1 is 1.40 bits per heavy atom. The average molecular weight is 337 g/mol. The number of aryl methyl sites for hydroxylation is 1. The molecule has 0 aliphatic carbocycles. The van der Waals surface area contributed by atoms with Crippen molar-refractivity contribution in [1.82, 2.24) is 9.88 Å². The van der Waals surface area contributed by atoms with Crippen LogP contribution >= 0.6 is 15.9 Å². The van der Waals surface area contributed by atoms with E-state index in [1.165, 1.54) is 0 Å². The highest BCUT2D eigenvalue weighted by Gasteiger charge is 2.11. The van der Waals surface area contributed by atoms with Gasteiger partial charge in [-0.2, -0.15) is 0 Å². The zero-order valence-corrected chi connectivity index (χ0v) is 13.1. The van der Waals surface area contributed by atoms with Crippen LogP contribution in [0.5, 0.6) is 5.75 Å². The molecule has 1 amide bonds. The Kier molecular flexibility index (Phi) is 4.84. The van der Waals surface area contributed by atoms with E-state index < -0.39 is 0 Å². The number of carbonyl (C=O) groups excluding carboxylic acids is 1. The smallest absolute Gasteiger partial charge is 0.268 e. The number of methoxy groups -OCH3 is 1. The van der Waals surface area contributed by atoms with E-state index >= 15 is 0 Å². The summed E-state index contributed by atoms with van der Waals surface area (Å²) in [6, 6.07) is 9.48. The molecular formula is C15H17BrN2O2. The molecule has 0 unspecified atom stereocenters. The zero-order chi connectivity index (χ0) is 14.5. The highest BCUT2D eigenvalue weighted by Crippen LogP contribution is 2.16. The van der Waals surface area contributed by atoms with E-state index in [-0.39, 0.29) is 5.91 Å². The number of ether oxygens (including phenoxy) is 1. The molecule has 2 rings (SSSR count). The van der Waals surface area contributed by atoms with Gasteiger partial charge in [-0.15, -0.1) is 0 Å². The van der Waals surface area contributed by atoms with Gasteiger partial charge in [0.15, 0.2) is 0 Å². The third-order valence-corrected chi connectivity index (χ3v) is 3.46. The number of hydrogen-bond acceptors (Lipinski definition) is 2. The van der Waals surface area contributed by atoms with Crippen LogP contribution < -0.4 is 10.1 Å². The molecule has 0 saturated carbocycles. The molecule has 0 aliphatic heterocycles. The van der Waals surface area contributed by atoms with Crippen molar-refractivity contribution in [3.05, 3.63) is 52.3 Å². The molecule has 1 heterocycles. The maximum absolute atomic E-state index is 12.2. The third kappa shape index (κ3) is 3.42. The van der Waals surface area contributed by atoms with Gasteiger partial charge in [0, 0.05) is 23.8 Å². The highest BCUT2D eigenvalue weighted by atomic mass is 79.9. The van der Waals surface area contributed by atoms with E-state index in [1.54, 1.807) is 7.11 Å². The Morgan fingerprint density at radius 3 is 2.90 bits per heavy atom. The molecule has 0 fully saturated rings. The number of nitrogens with zero attached hydrogens (tertiary/aromatic N) is 1. The summed E-state index contributed by atoms with van der Waals surface area (Å²) >= 11 is 3.39. The third-order valence-electron chi connectivity index (χ3n) is 3.02. The lowest BCUT2D eigenvalue weighted by molar-refractivity contribution is 0.0941. The molecular weight excluding hydrogens is 320 g/mol.